The Morgan fingerprint density at radius 1 is 1.07 bits per heavy atom. The number of likely N-dealkylation sites (tertiary alicyclic amines) is 1. The van der Waals surface area contributed by atoms with Crippen LogP contribution in [0.4, 0.5) is 0 Å². The van der Waals surface area contributed by atoms with E-state index in [2.05, 4.69) is 10.2 Å². The lowest BCUT2D eigenvalue weighted by Crippen LogP contribution is -2.52. The van der Waals surface area contributed by atoms with Gasteiger partial charge in [-0.3, -0.25) is 4.79 Å². The van der Waals surface area contributed by atoms with Gasteiger partial charge in [-0.1, -0.05) is 23.7 Å². The van der Waals surface area contributed by atoms with E-state index in [0.29, 0.717) is 30.2 Å². The Balaban J connectivity index is 1.07. The van der Waals surface area contributed by atoms with Crippen molar-refractivity contribution in [3.05, 3.63) is 82.4 Å². The normalized spacial score (nSPS) is 18.8. The lowest BCUT2D eigenvalue weighted by Gasteiger charge is -2.41. The number of fused-ring (bicyclic) bond motifs is 1. The van der Waals surface area contributed by atoms with E-state index in [0.717, 1.165) is 72.8 Å². The molecule has 2 N–H and O–H groups in total. The van der Waals surface area contributed by atoms with Crippen molar-refractivity contribution in [3.8, 4) is 23.0 Å². The van der Waals surface area contributed by atoms with Crippen LogP contribution in [-0.4, -0.2) is 66.5 Å². The van der Waals surface area contributed by atoms with Crippen molar-refractivity contribution in [2.75, 3.05) is 33.4 Å². The van der Waals surface area contributed by atoms with Gasteiger partial charge in [0.2, 0.25) is 0 Å². The fraction of sp³-hybridized carbons (Fsp3) is 0.441. The number of β-amino-alcohol motifs (C(OH)–C–C–N with tert-alkyl or cyclic N) is 1. The number of halogens is 1. The zero-order chi connectivity index (χ0) is 30.0. The molecule has 1 spiro atoms. The summed E-state index contributed by atoms with van der Waals surface area (Å²) in [6.07, 6.45) is 4.58. The van der Waals surface area contributed by atoms with Gasteiger partial charge >= 0.3 is 0 Å². The quantitative estimate of drug-likeness (QED) is 0.301. The van der Waals surface area contributed by atoms with Gasteiger partial charge in [-0.25, -0.2) is 0 Å². The molecule has 228 valence electrons. The number of benzene rings is 3. The van der Waals surface area contributed by atoms with E-state index in [1.54, 1.807) is 32.2 Å². The number of amides is 1. The topological polar surface area (TPSA) is 89.5 Å². The number of carbonyl (C=O) groups excluding carboxylic acids is 1. The van der Waals surface area contributed by atoms with Crippen molar-refractivity contribution in [1.29, 1.82) is 0 Å². The Morgan fingerprint density at radius 2 is 1.81 bits per heavy atom. The summed E-state index contributed by atoms with van der Waals surface area (Å²) in [4.78, 5) is 15.3. The number of ether oxygens (including phenoxy) is 4. The van der Waals surface area contributed by atoms with Gasteiger partial charge in [0, 0.05) is 56.0 Å². The number of nitrogens with zero attached hydrogens (tertiary/aromatic N) is 1. The first-order chi connectivity index (χ1) is 20.7. The first-order valence-electron chi connectivity index (χ1n) is 14.9. The largest absolute Gasteiger partial charge is 0.497 e. The van der Waals surface area contributed by atoms with Crippen LogP contribution >= 0.6 is 11.6 Å². The van der Waals surface area contributed by atoms with Crippen LogP contribution in [0.25, 0.3) is 0 Å². The monoisotopic (exact) mass is 606 g/mol. The number of hydrogen-bond donors (Lipinski definition) is 2. The molecule has 6 rings (SSSR count). The highest BCUT2D eigenvalue weighted by molar-refractivity contribution is 6.30. The summed E-state index contributed by atoms with van der Waals surface area (Å²) in [6.45, 7) is 4.21. The van der Waals surface area contributed by atoms with Gasteiger partial charge in [0.25, 0.3) is 5.91 Å². The minimum atomic E-state index is -1.14. The standard InChI is InChI=1S/C34H39ClN2O6/c1-33(39,21-37-15-13-34(14-16-37)19-24-17-25(35)5-12-30(24)43-34)22-42-31-18-28(10-11-29(31)32(38)36-26-6-7-26)41-20-23-3-8-27(40-2)9-4-23/h3-5,8-12,17-18,26,39H,6-7,13-16,19-22H2,1-2H3,(H,36,38)/t33-/m0/s1. The summed E-state index contributed by atoms with van der Waals surface area (Å²) in [5, 5.41) is 15.1. The maximum atomic E-state index is 13.0. The highest BCUT2D eigenvalue weighted by Crippen LogP contribution is 2.42. The molecule has 3 aliphatic rings. The number of carbonyl (C=O) groups is 1. The second-order valence-corrected chi connectivity index (χ2v) is 12.8. The summed E-state index contributed by atoms with van der Waals surface area (Å²) >= 11 is 6.19. The average molecular weight is 607 g/mol. The number of aliphatic hydroxyl groups is 1. The van der Waals surface area contributed by atoms with Crippen molar-refractivity contribution >= 4 is 17.5 Å². The van der Waals surface area contributed by atoms with Gasteiger partial charge in [0.05, 0.1) is 12.7 Å². The molecule has 2 aliphatic heterocycles. The molecule has 3 aromatic rings. The van der Waals surface area contributed by atoms with Crippen LogP contribution in [0.5, 0.6) is 23.0 Å². The maximum Gasteiger partial charge on any atom is 0.255 e. The summed E-state index contributed by atoms with van der Waals surface area (Å²) < 4.78 is 23.8. The Morgan fingerprint density at radius 3 is 2.53 bits per heavy atom. The van der Waals surface area contributed by atoms with Gasteiger partial charge < -0.3 is 34.3 Å². The van der Waals surface area contributed by atoms with Crippen LogP contribution < -0.4 is 24.3 Å². The highest BCUT2D eigenvalue weighted by atomic mass is 35.5. The molecule has 3 aromatic carbocycles. The Kier molecular flexibility index (Phi) is 8.45. The molecular formula is C34H39ClN2O6. The van der Waals surface area contributed by atoms with Crippen LogP contribution in [0.1, 0.15) is 54.1 Å². The zero-order valence-electron chi connectivity index (χ0n) is 24.7. The van der Waals surface area contributed by atoms with Crippen LogP contribution in [0.15, 0.2) is 60.7 Å². The summed E-state index contributed by atoms with van der Waals surface area (Å²) in [5.74, 6) is 2.49. The molecule has 0 bridgehead atoms. The number of methoxy groups -OCH3 is 1. The van der Waals surface area contributed by atoms with E-state index in [1.807, 2.05) is 42.5 Å². The van der Waals surface area contributed by atoms with E-state index >= 15 is 0 Å². The first kappa shape index (κ1) is 29.6. The number of hydrogen-bond acceptors (Lipinski definition) is 7. The van der Waals surface area contributed by atoms with E-state index in [-0.39, 0.29) is 24.2 Å². The average Bonchev–Trinajstić information content (AvgIpc) is 3.75. The molecule has 0 unspecified atom stereocenters. The van der Waals surface area contributed by atoms with Crippen molar-refractivity contribution in [1.82, 2.24) is 10.2 Å². The Bertz CT molecular complexity index is 1450. The fourth-order valence-electron chi connectivity index (χ4n) is 5.84. The minimum Gasteiger partial charge on any atom is -0.497 e. The molecule has 1 atom stereocenters. The molecule has 1 saturated heterocycles. The molecule has 0 aromatic heterocycles. The molecule has 1 amide bonds. The van der Waals surface area contributed by atoms with E-state index < -0.39 is 5.60 Å². The third-order valence-corrected chi connectivity index (χ3v) is 8.64. The first-order valence-corrected chi connectivity index (χ1v) is 15.3. The predicted octanol–water partition coefficient (Wildman–Crippen LogP) is 5.42. The second kappa shape index (κ2) is 12.3. The predicted molar refractivity (Wildman–Crippen MR) is 165 cm³/mol. The van der Waals surface area contributed by atoms with E-state index in [4.69, 9.17) is 30.5 Å². The maximum absolute atomic E-state index is 13.0. The molecule has 0 radical (unpaired) electrons. The fourth-order valence-corrected chi connectivity index (χ4v) is 6.03. The summed E-state index contributed by atoms with van der Waals surface area (Å²) in [5.41, 5.74) is 1.24. The molecule has 2 heterocycles. The molecular weight excluding hydrogens is 568 g/mol. The van der Waals surface area contributed by atoms with E-state index in [9.17, 15) is 9.90 Å². The molecule has 1 saturated carbocycles. The number of nitrogens with one attached hydrogen (secondary N) is 1. The summed E-state index contributed by atoms with van der Waals surface area (Å²) in [7, 11) is 1.63. The van der Waals surface area contributed by atoms with E-state index in [1.165, 1.54) is 0 Å². The Hall–Kier alpha value is -3.46. The highest BCUT2D eigenvalue weighted by Gasteiger charge is 2.43. The molecule has 9 heteroatoms. The molecule has 8 nitrogen and oxygen atoms in total. The zero-order valence-corrected chi connectivity index (χ0v) is 25.5. The van der Waals surface area contributed by atoms with Crippen molar-refractivity contribution in [3.63, 3.8) is 0 Å². The second-order valence-electron chi connectivity index (χ2n) is 12.3. The van der Waals surface area contributed by atoms with Crippen LogP contribution in [-0.2, 0) is 13.0 Å². The van der Waals surface area contributed by atoms with Gasteiger partial charge in [-0.15, -0.1) is 0 Å². The molecule has 2 fully saturated rings. The molecule has 43 heavy (non-hydrogen) atoms. The SMILES string of the molecule is COc1ccc(COc2ccc(C(=O)NC3CC3)c(OC[C@@](C)(O)CN3CCC4(CC3)Cc3cc(Cl)ccc3O4)c2)cc1. The number of rotatable bonds is 11. The minimum absolute atomic E-state index is 0.0285. The third kappa shape index (κ3) is 7.37. The van der Waals surface area contributed by atoms with Crippen LogP contribution in [0.2, 0.25) is 5.02 Å². The van der Waals surface area contributed by atoms with Crippen molar-refractivity contribution < 1.29 is 28.8 Å². The van der Waals surface area contributed by atoms with Crippen LogP contribution in [0.3, 0.4) is 0 Å². The molecule has 1 aliphatic carbocycles. The third-order valence-electron chi connectivity index (χ3n) is 8.41. The van der Waals surface area contributed by atoms with Gasteiger partial charge in [0.15, 0.2) is 0 Å². The van der Waals surface area contributed by atoms with Crippen LogP contribution in [0, 0.1) is 0 Å². The van der Waals surface area contributed by atoms with Gasteiger partial charge in [-0.05, 0) is 73.4 Å². The van der Waals surface area contributed by atoms with Gasteiger partial charge in [-0.2, -0.15) is 0 Å². The summed E-state index contributed by atoms with van der Waals surface area (Å²) in [6, 6.07) is 18.9. The Labute approximate surface area is 257 Å². The lowest BCUT2D eigenvalue weighted by atomic mass is 9.86. The lowest BCUT2D eigenvalue weighted by molar-refractivity contribution is -0.0431. The number of piperidine rings is 1. The smallest absolute Gasteiger partial charge is 0.255 e. The van der Waals surface area contributed by atoms with Crippen molar-refractivity contribution in [2.45, 2.75) is 62.9 Å². The van der Waals surface area contributed by atoms with Gasteiger partial charge in [0.1, 0.15) is 47.4 Å². The van der Waals surface area contributed by atoms with Crippen molar-refractivity contribution in [2.24, 2.45) is 0 Å².